The summed E-state index contributed by atoms with van der Waals surface area (Å²) in [5.74, 6) is 0.631. The lowest BCUT2D eigenvalue weighted by Crippen LogP contribution is -2.31. The lowest BCUT2D eigenvalue weighted by molar-refractivity contribution is 0.531. The van der Waals surface area contributed by atoms with Crippen molar-refractivity contribution in [3.8, 4) is 0 Å². The molecule has 0 bridgehead atoms. The fourth-order valence-electron chi connectivity index (χ4n) is 3.69. The monoisotopic (exact) mass is 415 g/mol. The highest BCUT2D eigenvalue weighted by Crippen LogP contribution is 2.41. The van der Waals surface area contributed by atoms with Gasteiger partial charge in [-0.2, -0.15) is 5.10 Å². The zero-order valence-electron chi connectivity index (χ0n) is 15.8. The summed E-state index contributed by atoms with van der Waals surface area (Å²) in [5.41, 5.74) is 4.55. The van der Waals surface area contributed by atoms with Crippen LogP contribution in [0.1, 0.15) is 42.9 Å². The first-order valence-electron chi connectivity index (χ1n) is 9.91. The van der Waals surface area contributed by atoms with Gasteiger partial charge in [-0.15, -0.1) is 12.4 Å². The van der Waals surface area contributed by atoms with Crippen LogP contribution in [0.3, 0.4) is 0 Å². The molecule has 1 saturated carbocycles. The Kier molecular flexibility index (Phi) is 6.09. The minimum absolute atomic E-state index is 0. The predicted octanol–water partition coefficient (Wildman–Crippen LogP) is 4.48. The van der Waals surface area contributed by atoms with Crippen molar-refractivity contribution in [1.29, 1.82) is 0 Å². The molecule has 1 aliphatic carbocycles. The van der Waals surface area contributed by atoms with E-state index in [0.29, 0.717) is 11.2 Å². The summed E-state index contributed by atoms with van der Waals surface area (Å²) in [6.07, 6.45) is 7.03. The number of thioether (sulfide) groups is 1. The van der Waals surface area contributed by atoms with Crippen molar-refractivity contribution in [3.63, 3.8) is 0 Å². The van der Waals surface area contributed by atoms with Crippen molar-refractivity contribution in [3.05, 3.63) is 53.9 Å². The van der Waals surface area contributed by atoms with E-state index in [-0.39, 0.29) is 12.4 Å². The van der Waals surface area contributed by atoms with E-state index in [0.717, 1.165) is 36.0 Å². The van der Waals surface area contributed by atoms with Crippen LogP contribution < -0.4 is 10.6 Å². The van der Waals surface area contributed by atoms with Crippen LogP contribution in [0.15, 0.2) is 47.6 Å². The predicted molar refractivity (Wildman–Crippen MR) is 118 cm³/mol. The molecule has 1 atom stereocenters. The molecular weight excluding hydrogens is 390 g/mol. The molecule has 3 aromatic rings. The van der Waals surface area contributed by atoms with E-state index in [1.165, 1.54) is 36.9 Å². The maximum Gasteiger partial charge on any atom is 0.177 e. The number of rotatable bonds is 6. The van der Waals surface area contributed by atoms with E-state index in [2.05, 4.69) is 51.5 Å². The van der Waals surface area contributed by atoms with Crippen LogP contribution in [0, 0.1) is 0 Å². The molecule has 5 rings (SSSR count). The molecule has 2 aliphatic rings. The van der Waals surface area contributed by atoms with Gasteiger partial charge in [0.15, 0.2) is 5.65 Å². The van der Waals surface area contributed by atoms with E-state index in [1.807, 2.05) is 18.0 Å². The molecule has 5 nitrogen and oxygen atoms in total. The highest BCUT2D eigenvalue weighted by molar-refractivity contribution is 7.99. The zero-order valence-corrected chi connectivity index (χ0v) is 17.4. The standard InChI is InChI=1S/C21H25N5S.ClH/c1-2-5-15(6-3-1)12-23-18-11-20(27-17-7-4-10-22-13-17)25-26-19(16-8-9-16)14-24-21(18)26;/h1-3,5-6,11,14,16-17,22-23H,4,7-10,12-13H2;1H. The first kappa shape index (κ1) is 19.6. The van der Waals surface area contributed by atoms with E-state index in [9.17, 15) is 0 Å². The summed E-state index contributed by atoms with van der Waals surface area (Å²) in [6.45, 7) is 3.00. The molecule has 0 radical (unpaired) electrons. The molecule has 3 heterocycles. The molecule has 7 heteroatoms. The normalized spacial score (nSPS) is 19.4. The van der Waals surface area contributed by atoms with Gasteiger partial charge in [0.05, 0.1) is 17.6 Å². The number of nitrogens with one attached hydrogen (secondary N) is 2. The van der Waals surface area contributed by atoms with Crippen LogP contribution in [0.25, 0.3) is 5.65 Å². The Balaban J connectivity index is 0.00000192. The van der Waals surface area contributed by atoms with Gasteiger partial charge in [0.2, 0.25) is 0 Å². The third-order valence-corrected chi connectivity index (χ3v) is 6.51. The van der Waals surface area contributed by atoms with Crippen LogP contribution in [0.5, 0.6) is 0 Å². The molecule has 2 N–H and O–H groups in total. The minimum Gasteiger partial charge on any atom is -0.378 e. The van der Waals surface area contributed by atoms with Gasteiger partial charge >= 0.3 is 0 Å². The number of hydrogen-bond donors (Lipinski definition) is 2. The summed E-state index contributed by atoms with van der Waals surface area (Å²) in [7, 11) is 0. The Hall–Kier alpha value is -1.76. The summed E-state index contributed by atoms with van der Waals surface area (Å²) >= 11 is 1.90. The van der Waals surface area contributed by atoms with Crippen molar-refractivity contribution in [2.45, 2.75) is 48.4 Å². The molecule has 0 amide bonds. The second-order valence-corrected chi connectivity index (χ2v) is 8.84. The molecule has 28 heavy (non-hydrogen) atoms. The molecule has 0 spiro atoms. The smallest absolute Gasteiger partial charge is 0.177 e. The molecule has 2 fully saturated rings. The number of piperidine rings is 1. The van der Waals surface area contributed by atoms with Crippen molar-refractivity contribution >= 4 is 35.5 Å². The number of hydrogen-bond acceptors (Lipinski definition) is 5. The number of aromatic nitrogens is 3. The van der Waals surface area contributed by atoms with Crippen molar-refractivity contribution < 1.29 is 0 Å². The van der Waals surface area contributed by atoms with E-state index in [1.54, 1.807) is 0 Å². The topological polar surface area (TPSA) is 54.2 Å². The fourth-order valence-corrected chi connectivity index (χ4v) is 4.83. The van der Waals surface area contributed by atoms with Crippen LogP contribution >= 0.6 is 24.2 Å². The first-order valence-corrected chi connectivity index (χ1v) is 10.8. The number of imidazole rings is 1. The van der Waals surface area contributed by atoms with Crippen LogP contribution in [0.2, 0.25) is 0 Å². The highest BCUT2D eigenvalue weighted by atomic mass is 35.5. The molecule has 1 aromatic carbocycles. The largest absolute Gasteiger partial charge is 0.378 e. The van der Waals surface area contributed by atoms with Crippen molar-refractivity contribution in [1.82, 2.24) is 19.9 Å². The van der Waals surface area contributed by atoms with Gasteiger partial charge in [-0.3, -0.25) is 0 Å². The number of fused-ring (bicyclic) bond motifs is 1. The zero-order chi connectivity index (χ0) is 18.1. The van der Waals surface area contributed by atoms with E-state index >= 15 is 0 Å². The van der Waals surface area contributed by atoms with Gasteiger partial charge < -0.3 is 10.6 Å². The molecule has 1 aliphatic heterocycles. The van der Waals surface area contributed by atoms with Crippen LogP contribution in [-0.4, -0.2) is 32.9 Å². The average Bonchev–Trinajstić information content (AvgIpc) is 3.47. The van der Waals surface area contributed by atoms with Crippen LogP contribution in [-0.2, 0) is 6.54 Å². The van der Waals surface area contributed by atoms with Crippen LogP contribution in [0.4, 0.5) is 5.69 Å². The average molecular weight is 416 g/mol. The molecule has 1 saturated heterocycles. The second-order valence-electron chi connectivity index (χ2n) is 7.51. The maximum absolute atomic E-state index is 4.96. The Morgan fingerprint density at radius 2 is 2.04 bits per heavy atom. The lowest BCUT2D eigenvalue weighted by Gasteiger charge is -2.22. The van der Waals surface area contributed by atoms with Gasteiger partial charge in [0.25, 0.3) is 0 Å². The van der Waals surface area contributed by atoms with Gasteiger partial charge in [-0.1, -0.05) is 42.1 Å². The number of anilines is 1. The Morgan fingerprint density at radius 3 is 2.79 bits per heavy atom. The Labute approximate surface area is 176 Å². The maximum atomic E-state index is 4.96. The third kappa shape index (κ3) is 4.29. The molecule has 1 unspecified atom stereocenters. The third-order valence-electron chi connectivity index (χ3n) is 5.33. The Bertz CT molecular complexity index is 919. The molecule has 2 aromatic heterocycles. The second kappa shape index (κ2) is 8.72. The number of nitrogens with zero attached hydrogens (tertiary/aromatic N) is 3. The van der Waals surface area contributed by atoms with Gasteiger partial charge in [0, 0.05) is 24.3 Å². The minimum atomic E-state index is 0. The van der Waals surface area contributed by atoms with Crippen molar-refractivity contribution in [2.75, 3.05) is 18.4 Å². The quantitative estimate of drug-likeness (QED) is 0.621. The Morgan fingerprint density at radius 1 is 1.18 bits per heavy atom. The summed E-state index contributed by atoms with van der Waals surface area (Å²) in [4.78, 5) is 4.70. The molecular formula is C21H26ClN5S. The van der Waals surface area contributed by atoms with Gasteiger partial charge in [-0.25, -0.2) is 9.50 Å². The van der Waals surface area contributed by atoms with Crippen molar-refractivity contribution in [2.24, 2.45) is 0 Å². The van der Waals surface area contributed by atoms with Gasteiger partial charge in [-0.05, 0) is 43.9 Å². The summed E-state index contributed by atoms with van der Waals surface area (Å²) in [6, 6.07) is 12.7. The highest BCUT2D eigenvalue weighted by Gasteiger charge is 2.28. The first-order chi connectivity index (χ1) is 13.4. The summed E-state index contributed by atoms with van der Waals surface area (Å²) in [5, 5.41) is 13.7. The van der Waals surface area contributed by atoms with Gasteiger partial charge in [0.1, 0.15) is 5.03 Å². The van der Waals surface area contributed by atoms with E-state index in [4.69, 9.17) is 10.1 Å². The fraction of sp³-hybridized carbons (Fsp3) is 0.429. The lowest BCUT2D eigenvalue weighted by atomic mass is 10.2. The molecule has 148 valence electrons. The van der Waals surface area contributed by atoms with E-state index < -0.39 is 0 Å². The number of benzene rings is 1. The number of halogens is 1. The SMILES string of the molecule is Cl.c1ccc(CNc2cc(SC3CCCNC3)nn3c(C4CC4)cnc23)cc1. The summed E-state index contributed by atoms with van der Waals surface area (Å²) < 4.78 is 2.09.